The second kappa shape index (κ2) is 4.84. The van der Waals surface area contributed by atoms with E-state index in [9.17, 15) is 0 Å². The van der Waals surface area contributed by atoms with Crippen molar-refractivity contribution < 1.29 is 0 Å². The van der Waals surface area contributed by atoms with Crippen LogP contribution in [0, 0.1) is 0 Å². The Morgan fingerprint density at radius 2 is 1.93 bits per heavy atom. The van der Waals surface area contributed by atoms with Gasteiger partial charge < -0.3 is 0 Å². The van der Waals surface area contributed by atoms with Gasteiger partial charge in [0.1, 0.15) is 0 Å². The van der Waals surface area contributed by atoms with Crippen molar-refractivity contribution >= 4 is 27.8 Å². The number of benzene rings is 1. The van der Waals surface area contributed by atoms with E-state index in [1.165, 1.54) is 0 Å². The first-order chi connectivity index (χ1) is 7.34. The fraction of sp³-hybridized carbons (Fsp3) is 0. The normalized spacial score (nSPS) is 10.7. The van der Waals surface area contributed by atoms with Gasteiger partial charge in [-0.2, -0.15) is 0 Å². The van der Waals surface area contributed by atoms with Crippen LogP contribution in [0.4, 0.5) is 5.69 Å². The standard InChI is InChI=1S/C12H9BrN2/c13-11-5-3-10(4-6-11)8-15-12-2-1-7-14-9-12/h1-9H. The summed E-state index contributed by atoms with van der Waals surface area (Å²) in [6, 6.07) is 11.8. The van der Waals surface area contributed by atoms with Gasteiger partial charge in [-0.25, -0.2) is 0 Å². The maximum atomic E-state index is 4.30. The van der Waals surface area contributed by atoms with Crippen LogP contribution >= 0.6 is 15.9 Å². The summed E-state index contributed by atoms with van der Waals surface area (Å²) in [6.45, 7) is 0. The summed E-state index contributed by atoms with van der Waals surface area (Å²) >= 11 is 3.39. The van der Waals surface area contributed by atoms with E-state index in [1.54, 1.807) is 12.4 Å². The number of aromatic nitrogens is 1. The van der Waals surface area contributed by atoms with E-state index in [2.05, 4.69) is 25.9 Å². The summed E-state index contributed by atoms with van der Waals surface area (Å²) in [5.74, 6) is 0. The minimum absolute atomic E-state index is 0.861. The van der Waals surface area contributed by atoms with Gasteiger partial charge in [-0.1, -0.05) is 28.1 Å². The van der Waals surface area contributed by atoms with E-state index < -0.39 is 0 Å². The highest BCUT2D eigenvalue weighted by molar-refractivity contribution is 9.10. The number of nitrogens with zero attached hydrogens (tertiary/aromatic N) is 2. The third kappa shape index (κ3) is 2.99. The Hall–Kier alpha value is -1.48. The lowest BCUT2D eigenvalue weighted by Gasteiger charge is -1.93. The molecule has 0 aliphatic carbocycles. The van der Waals surface area contributed by atoms with Crippen molar-refractivity contribution in [2.24, 2.45) is 4.99 Å². The molecule has 0 saturated heterocycles. The number of pyridine rings is 1. The second-order valence-electron chi connectivity index (χ2n) is 3.02. The van der Waals surface area contributed by atoms with Crippen LogP contribution in [0.5, 0.6) is 0 Å². The molecule has 2 nitrogen and oxygen atoms in total. The molecule has 1 heterocycles. The van der Waals surface area contributed by atoms with Crippen molar-refractivity contribution in [3.63, 3.8) is 0 Å². The molecule has 0 spiro atoms. The molecule has 0 unspecified atom stereocenters. The van der Waals surface area contributed by atoms with Crippen molar-refractivity contribution in [1.82, 2.24) is 4.98 Å². The van der Waals surface area contributed by atoms with Gasteiger partial charge in [-0.05, 0) is 29.8 Å². The van der Waals surface area contributed by atoms with E-state index in [0.717, 1.165) is 15.7 Å². The third-order valence-corrected chi connectivity index (χ3v) is 2.41. The lowest BCUT2D eigenvalue weighted by molar-refractivity contribution is 1.31. The summed E-state index contributed by atoms with van der Waals surface area (Å²) in [5, 5.41) is 0. The number of halogens is 1. The van der Waals surface area contributed by atoms with E-state index in [4.69, 9.17) is 0 Å². The maximum Gasteiger partial charge on any atom is 0.0813 e. The zero-order chi connectivity index (χ0) is 10.5. The minimum Gasteiger partial charge on any atom is -0.262 e. The number of hydrogen-bond acceptors (Lipinski definition) is 2. The summed E-state index contributed by atoms with van der Waals surface area (Å²) in [7, 11) is 0. The van der Waals surface area contributed by atoms with E-state index in [0.29, 0.717) is 0 Å². The van der Waals surface area contributed by atoms with Gasteiger partial charge in [-0.15, -0.1) is 0 Å². The molecule has 3 heteroatoms. The average molecular weight is 261 g/mol. The average Bonchev–Trinajstić information content (AvgIpc) is 2.30. The molecule has 2 aromatic rings. The van der Waals surface area contributed by atoms with Crippen molar-refractivity contribution in [3.8, 4) is 0 Å². The van der Waals surface area contributed by atoms with Gasteiger partial charge in [0.2, 0.25) is 0 Å². The molecule has 0 radical (unpaired) electrons. The van der Waals surface area contributed by atoms with E-state index in [1.807, 2.05) is 42.6 Å². The Balaban J connectivity index is 2.15. The molecular formula is C12H9BrN2. The van der Waals surface area contributed by atoms with Crippen LogP contribution in [-0.4, -0.2) is 11.2 Å². The van der Waals surface area contributed by atoms with Crippen molar-refractivity contribution in [1.29, 1.82) is 0 Å². The first-order valence-corrected chi connectivity index (χ1v) is 5.33. The number of hydrogen-bond donors (Lipinski definition) is 0. The lowest BCUT2D eigenvalue weighted by Crippen LogP contribution is -1.79. The van der Waals surface area contributed by atoms with Crippen molar-refractivity contribution in [2.75, 3.05) is 0 Å². The SMILES string of the molecule is Brc1ccc(C=Nc2cccnc2)cc1. The van der Waals surface area contributed by atoms with Gasteiger partial charge in [0.15, 0.2) is 0 Å². The molecule has 1 aromatic heterocycles. The van der Waals surface area contributed by atoms with Crippen LogP contribution in [0.25, 0.3) is 0 Å². The molecule has 0 bridgehead atoms. The van der Waals surface area contributed by atoms with Gasteiger partial charge >= 0.3 is 0 Å². The third-order valence-electron chi connectivity index (χ3n) is 1.88. The number of aliphatic imine (C=N–C) groups is 1. The molecule has 0 saturated carbocycles. The molecule has 0 amide bonds. The van der Waals surface area contributed by atoms with Crippen LogP contribution in [0.1, 0.15) is 5.56 Å². The molecule has 0 aliphatic heterocycles. The quantitative estimate of drug-likeness (QED) is 0.758. The number of rotatable bonds is 2. The molecule has 0 atom stereocenters. The molecule has 0 N–H and O–H groups in total. The fourth-order valence-corrected chi connectivity index (χ4v) is 1.39. The molecule has 15 heavy (non-hydrogen) atoms. The van der Waals surface area contributed by atoms with Gasteiger partial charge in [0.05, 0.1) is 11.9 Å². The molecule has 74 valence electrons. The molecular weight excluding hydrogens is 252 g/mol. The predicted molar refractivity (Wildman–Crippen MR) is 65.6 cm³/mol. The topological polar surface area (TPSA) is 25.2 Å². The smallest absolute Gasteiger partial charge is 0.0813 e. The van der Waals surface area contributed by atoms with Gasteiger partial charge in [-0.3, -0.25) is 9.98 Å². The van der Waals surface area contributed by atoms with Crippen LogP contribution in [-0.2, 0) is 0 Å². The summed E-state index contributed by atoms with van der Waals surface area (Å²) < 4.78 is 1.07. The Morgan fingerprint density at radius 1 is 1.13 bits per heavy atom. The largest absolute Gasteiger partial charge is 0.262 e. The van der Waals surface area contributed by atoms with Crippen molar-refractivity contribution in [3.05, 3.63) is 58.8 Å². The van der Waals surface area contributed by atoms with Gasteiger partial charge in [0, 0.05) is 16.9 Å². The maximum absolute atomic E-state index is 4.30. The molecule has 0 aliphatic rings. The zero-order valence-corrected chi connectivity index (χ0v) is 9.55. The highest BCUT2D eigenvalue weighted by atomic mass is 79.9. The van der Waals surface area contributed by atoms with Crippen LogP contribution in [0.3, 0.4) is 0 Å². The first kappa shape index (κ1) is 10.1. The first-order valence-electron chi connectivity index (χ1n) is 4.54. The highest BCUT2D eigenvalue weighted by Crippen LogP contribution is 2.11. The summed E-state index contributed by atoms with van der Waals surface area (Å²) in [6.07, 6.45) is 5.29. The fourth-order valence-electron chi connectivity index (χ4n) is 1.13. The minimum atomic E-state index is 0.861. The van der Waals surface area contributed by atoms with E-state index >= 15 is 0 Å². The van der Waals surface area contributed by atoms with Crippen LogP contribution < -0.4 is 0 Å². The lowest BCUT2D eigenvalue weighted by atomic mass is 10.2. The molecule has 2 rings (SSSR count). The Labute approximate surface area is 96.8 Å². The van der Waals surface area contributed by atoms with E-state index in [-0.39, 0.29) is 0 Å². The Bertz CT molecular complexity index is 449. The highest BCUT2D eigenvalue weighted by Gasteiger charge is 1.89. The van der Waals surface area contributed by atoms with Crippen LogP contribution in [0.15, 0.2) is 58.3 Å². The molecule has 0 fully saturated rings. The summed E-state index contributed by atoms with van der Waals surface area (Å²) in [5.41, 5.74) is 1.93. The Morgan fingerprint density at radius 3 is 2.60 bits per heavy atom. The molecule has 1 aromatic carbocycles. The van der Waals surface area contributed by atoms with Gasteiger partial charge in [0.25, 0.3) is 0 Å². The Kier molecular flexibility index (Phi) is 3.25. The van der Waals surface area contributed by atoms with Crippen LogP contribution in [0.2, 0.25) is 0 Å². The summed E-state index contributed by atoms with van der Waals surface area (Å²) in [4.78, 5) is 8.29. The second-order valence-corrected chi connectivity index (χ2v) is 3.94. The van der Waals surface area contributed by atoms with Crippen molar-refractivity contribution in [2.45, 2.75) is 0 Å². The monoisotopic (exact) mass is 260 g/mol. The predicted octanol–water partition coefficient (Wildman–Crippen LogP) is 3.59. The zero-order valence-electron chi connectivity index (χ0n) is 7.97.